The van der Waals surface area contributed by atoms with Crippen molar-refractivity contribution in [3.8, 4) is 11.1 Å². The fourth-order valence-corrected chi connectivity index (χ4v) is 4.50. The number of likely N-dealkylation sites (tertiary alicyclic amines) is 1. The van der Waals surface area contributed by atoms with E-state index in [0.717, 1.165) is 29.7 Å². The van der Waals surface area contributed by atoms with E-state index < -0.39 is 11.3 Å². The standard InChI is InChI=1S/C27H28FN3O2/c1-27(2,22-5-3-4-6-23(22)28)26(33)31-15-13-19(14-16-31)24-12-11-21(17-30-24)18-7-9-20(10-8-18)25(29)32/h3-12,17,19H,13-16H2,1-2H3,(H2,29,32). The molecule has 0 bridgehead atoms. The molecule has 3 aromatic rings. The van der Waals surface area contributed by atoms with Gasteiger partial charge < -0.3 is 10.6 Å². The van der Waals surface area contributed by atoms with Crippen molar-refractivity contribution in [1.82, 2.24) is 9.88 Å². The minimum Gasteiger partial charge on any atom is -0.366 e. The summed E-state index contributed by atoms with van der Waals surface area (Å²) in [6.45, 7) is 4.82. The lowest BCUT2D eigenvalue weighted by Crippen LogP contribution is -2.47. The van der Waals surface area contributed by atoms with Gasteiger partial charge in [-0.2, -0.15) is 0 Å². The summed E-state index contributed by atoms with van der Waals surface area (Å²) in [5.41, 5.74) is 8.23. The molecule has 4 rings (SSSR count). The maximum Gasteiger partial charge on any atom is 0.248 e. The van der Waals surface area contributed by atoms with Crippen LogP contribution in [0.25, 0.3) is 11.1 Å². The third-order valence-electron chi connectivity index (χ3n) is 6.57. The topological polar surface area (TPSA) is 76.3 Å². The molecular formula is C27H28FN3O2. The first-order valence-electron chi connectivity index (χ1n) is 11.2. The van der Waals surface area contributed by atoms with Gasteiger partial charge in [0.2, 0.25) is 11.8 Å². The second-order valence-electron chi connectivity index (χ2n) is 9.08. The lowest BCUT2D eigenvalue weighted by atomic mass is 9.81. The summed E-state index contributed by atoms with van der Waals surface area (Å²) in [4.78, 5) is 31.0. The molecule has 0 atom stereocenters. The Morgan fingerprint density at radius 2 is 1.61 bits per heavy atom. The number of nitrogens with two attached hydrogens (primary N) is 1. The summed E-state index contributed by atoms with van der Waals surface area (Å²) in [5.74, 6) is -0.567. The van der Waals surface area contributed by atoms with Crippen molar-refractivity contribution in [3.63, 3.8) is 0 Å². The molecule has 0 aliphatic carbocycles. The van der Waals surface area contributed by atoms with Gasteiger partial charge in [0.05, 0.1) is 5.41 Å². The first-order chi connectivity index (χ1) is 15.8. The fraction of sp³-hybridized carbons (Fsp3) is 0.296. The Hall–Kier alpha value is -3.54. The molecule has 0 saturated carbocycles. The number of hydrogen-bond donors (Lipinski definition) is 1. The smallest absolute Gasteiger partial charge is 0.248 e. The SMILES string of the molecule is CC(C)(C(=O)N1CCC(c2ccc(-c3ccc(C(N)=O)cc3)cn2)CC1)c1ccccc1F. The third kappa shape index (κ3) is 4.65. The minimum absolute atomic E-state index is 0.0474. The summed E-state index contributed by atoms with van der Waals surface area (Å²) < 4.78 is 14.3. The molecule has 1 aliphatic rings. The van der Waals surface area contributed by atoms with Crippen LogP contribution in [0.2, 0.25) is 0 Å². The first kappa shape index (κ1) is 22.6. The Labute approximate surface area is 193 Å². The highest BCUT2D eigenvalue weighted by atomic mass is 19.1. The van der Waals surface area contributed by atoms with Gasteiger partial charge in [-0.3, -0.25) is 14.6 Å². The summed E-state index contributed by atoms with van der Waals surface area (Å²) in [7, 11) is 0. The molecule has 170 valence electrons. The number of carbonyl (C=O) groups is 2. The van der Waals surface area contributed by atoms with Crippen LogP contribution < -0.4 is 5.73 Å². The van der Waals surface area contributed by atoms with E-state index in [1.165, 1.54) is 6.07 Å². The number of carbonyl (C=O) groups excluding carboxylic acids is 2. The number of pyridine rings is 1. The van der Waals surface area contributed by atoms with Crippen LogP contribution in [-0.4, -0.2) is 34.8 Å². The molecule has 0 radical (unpaired) electrons. The Bertz CT molecular complexity index is 1150. The molecule has 1 saturated heterocycles. The second kappa shape index (κ2) is 9.14. The Morgan fingerprint density at radius 3 is 2.18 bits per heavy atom. The van der Waals surface area contributed by atoms with Crippen molar-refractivity contribution in [2.75, 3.05) is 13.1 Å². The first-order valence-corrected chi connectivity index (χ1v) is 11.2. The highest BCUT2D eigenvalue weighted by Gasteiger charge is 2.37. The van der Waals surface area contributed by atoms with Crippen molar-refractivity contribution in [2.24, 2.45) is 5.73 Å². The normalized spacial score (nSPS) is 14.8. The molecule has 2 N–H and O–H groups in total. The van der Waals surface area contributed by atoms with Gasteiger partial charge in [-0.05, 0) is 56.5 Å². The number of piperidine rings is 1. The van der Waals surface area contributed by atoms with Crippen molar-refractivity contribution >= 4 is 11.8 Å². The van der Waals surface area contributed by atoms with Gasteiger partial charge in [-0.25, -0.2) is 4.39 Å². The predicted molar refractivity (Wildman–Crippen MR) is 126 cm³/mol. The number of primary amides is 1. The summed E-state index contributed by atoms with van der Waals surface area (Å²) in [6, 6.07) is 17.7. The highest BCUT2D eigenvalue weighted by Crippen LogP contribution is 2.33. The zero-order valence-corrected chi connectivity index (χ0v) is 18.9. The summed E-state index contributed by atoms with van der Waals surface area (Å²) in [5, 5.41) is 0. The zero-order chi connectivity index (χ0) is 23.6. The number of nitrogens with zero attached hydrogens (tertiary/aromatic N) is 2. The van der Waals surface area contributed by atoms with Gasteiger partial charge in [0, 0.05) is 47.6 Å². The van der Waals surface area contributed by atoms with Crippen LogP contribution in [-0.2, 0) is 10.2 Å². The van der Waals surface area contributed by atoms with Crippen molar-refractivity contribution in [1.29, 1.82) is 0 Å². The van der Waals surface area contributed by atoms with Crippen LogP contribution in [0.5, 0.6) is 0 Å². The van der Waals surface area contributed by atoms with Crippen molar-refractivity contribution in [2.45, 2.75) is 38.0 Å². The average molecular weight is 446 g/mol. The van der Waals surface area contributed by atoms with Crippen LogP contribution in [0.15, 0.2) is 66.9 Å². The molecule has 0 unspecified atom stereocenters. The Balaban J connectivity index is 1.40. The maximum absolute atomic E-state index is 14.3. The summed E-state index contributed by atoms with van der Waals surface area (Å²) >= 11 is 0. The molecule has 33 heavy (non-hydrogen) atoms. The van der Waals surface area contributed by atoms with Gasteiger partial charge in [0.1, 0.15) is 5.82 Å². The number of rotatable bonds is 5. The van der Waals surface area contributed by atoms with Crippen LogP contribution in [0, 0.1) is 5.82 Å². The average Bonchev–Trinajstić information content (AvgIpc) is 2.84. The molecular weight excluding hydrogens is 417 g/mol. The lowest BCUT2D eigenvalue weighted by Gasteiger charge is -2.37. The minimum atomic E-state index is -0.915. The lowest BCUT2D eigenvalue weighted by molar-refractivity contribution is -0.137. The van der Waals surface area contributed by atoms with E-state index in [4.69, 9.17) is 5.73 Å². The van der Waals surface area contributed by atoms with Crippen LogP contribution in [0.1, 0.15) is 54.2 Å². The molecule has 0 spiro atoms. The van der Waals surface area contributed by atoms with E-state index in [-0.39, 0.29) is 17.6 Å². The molecule has 6 heteroatoms. The zero-order valence-electron chi connectivity index (χ0n) is 18.9. The number of amides is 2. The molecule has 1 fully saturated rings. The van der Waals surface area contributed by atoms with Gasteiger partial charge >= 0.3 is 0 Å². The molecule has 2 amide bonds. The monoisotopic (exact) mass is 445 g/mol. The van der Waals surface area contributed by atoms with Gasteiger partial charge in [0.15, 0.2) is 0 Å². The number of hydrogen-bond acceptors (Lipinski definition) is 3. The van der Waals surface area contributed by atoms with Crippen molar-refractivity contribution in [3.05, 3.63) is 89.5 Å². The second-order valence-corrected chi connectivity index (χ2v) is 9.08. The van der Waals surface area contributed by atoms with Gasteiger partial charge in [0.25, 0.3) is 0 Å². The van der Waals surface area contributed by atoms with E-state index in [9.17, 15) is 14.0 Å². The number of halogens is 1. The maximum atomic E-state index is 14.3. The third-order valence-corrected chi connectivity index (χ3v) is 6.57. The number of aromatic nitrogens is 1. The van der Waals surface area contributed by atoms with Gasteiger partial charge in [-0.1, -0.05) is 36.4 Å². The van der Waals surface area contributed by atoms with E-state index in [2.05, 4.69) is 4.98 Å². The summed E-state index contributed by atoms with van der Waals surface area (Å²) in [6.07, 6.45) is 3.48. The molecule has 1 aromatic heterocycles. The molecule has 2 aromatic carbocycles. The number of benzene rings is 2. The predicted octanol–water partition coefficient (Wildman–Crippen LogP) is 4.67. The van der Waals surface area contributed by atoms with E-state index >= 15 is 0 Å². The largest absolute Gasteiger partial charge is 0.366 e. The van der Waals surface area contributed by atoms with E-state index in [1.807, 2.05) is 35.4 Å². The molecule has 1 aliphatic heterocycles. The van der Waals surface area contributed by atoms with Gasteiger partial charge in [-0.15, -0.1) is 0 Å². The van der Waals surface area contributed by atoms with Crippen molar-refractivity contribution < 1.29 is 14.0 Å². The van der Waals surface area contributed by atoms with E-state index in [1.54, 1.807) is 44.2 Å². The van der Waals surface area contributed by atoms with Crippen LogP contribution in [0.3, 0.4) is 0 Å². The molecule has 5 nitrogen and oxygen atoms in total. The highest BCUT2D eigenvalue weighted by molar-refractivity contribution is 5.93. The fourth-order valence-electron chi connectivity index (χ4n) is 4.50. The Kier molecular flexibility index (Phi) is 6.27. The van der Waals surface area contributed by atoms with Crippen LogP contribution in [0.4, 0.5) is 4.39 Å². The molecule has 2 heterocycles. The quantitative estimate of drug-likeness (QED) is 0.620. The van der Waals surface area contributed by atoms with Crippen LogP contribution >= 0.6 is 0 Å². The Morgan fingerprint density at radius 1 is 0.970 bits per heavy atom. The van der Waals surface area contributed by atoms with E-state index in [0.29, 0.717) is 24.2 Å².